The minimum absolute atomic E-state index is 0.0478. The molecule has 248 valence electrons. The van der Waals surface area contributed by atoms with Crippen LogP contribution < -0.4 is 24.4 Å². The number of nitro benzene ring substituents is 2. The lowest BCUT2D eigenvalue weighted by atomic mass is 9.95. The Labute approximate surface area is 285 Å². The maximum absolute atomic E-state index is 14.1. The first-order chi connectivity index (χ1) is 22.9. The molecule has 0 amide bonds. The number of carbonyl (C=O) groups excluding carboxylic acids is 1. The Hall–Kier alpha value is -5.15. The van der Waals surface area contributed by atoms with Gasteiger partial charge in [0.15, 0.2) is 4.80 Å². The summed E-state index contributed by atoms with van der Waals surface area (Å²) in [6.45, 7) is 7.16. The Kier molecular flexibility index (Phi) is 10.2. The molecule has 0 fully saturated rings. The highest BCUT2D eigenvalue weighted by Crippen LogP contribution is 2.38. The lowest BCUT2D eigenvalue weighted by Gasteiger charge is -2.26. The van der Waals surface area contributed by atoms with Gasteiger partial charge in [-0.3, -0.25) is 29.6 Å². The number of hydrogen-bond donors (Lipinski definition) is 0. The third-order valence-electron chi connectivity index (χ3n) is 7.16. The number of hydrogen-bond acceptors (Lipinski definition) is 11. The smallest absolute Gasteiger partial charge is 0.338 e. The van der Waals surface area contributed by atoms with E-state index in [4.69, 9.17) is 14.2 Å². The van der Waals surface area contributed by atoms with Crippen LogP contribution in [0.15, 0.2) is 86.2 Å². The molecule has 48 heavy (non-hydrogen) atoms. The quantitative estimate of drug-likeness (QED) is 0.106. The second-order valence-electron chi connectivity index (χ2n) is 10.8. The molecule has 0 unspecified atom stereocenters. The van der Waals surface area contributed by atoms with Crippen molar-refractivity contribution < 1.29 is 28.9 Å². The van der Waals surface area contributed by atoms with Crippen molar-refractivity contribution in [2.75, 3.05) is 6.61 Å². The Balaban J connectivity index is 1.59. The van der Waals surface area contributed by atoms with Gasteiger partial charge >= 0.3 is 11.7 Å². The summed E-state index contributed by atoms with van der Waals surface area (Å²) in [5.74, 6) is -0.165. The minimum atomic E-state index is -0.909. The monoisotopic (exact) mass is 736 g/mol. The van der Waals surface area contributed by atoms with Gasteiger partial charge in [-0.15, -0.1) is 0 Å². The lowest BCUT2D eigenvalue weighted by Crippen LogP contribution is -2.40. The number of allylic oxidation sites excluding steroid dienone is 1. The van der Waals surface area contributed by atoms with Gasteiger partial charge in [0.1, 0.15) is 18.4 Å². The maximum Gasteiger partial charge on any atom is 0.338 e. The first kappa shape index (κ1) is 34.2. The van der Waals surface area contributed by atoms with E-state index in [1.165, 1.54) is 41.0 Å². The van der Waals surface area contributed by atoms with Crippen molar-refractivity contribution in [2.24, 2.45) is 4.99 Å². The van der Waals surface area contributed by atoms with Crippen molar-refractivity contribution >= 4 is 50.7 Å². The fourth-order valence-electron chi connectivity index (χ4n) is 5.14. The lowest BCUT2D eigenvalue weighted by molar-refractivity contribution is -0.386. The van der Waals surface area contributed by atoms with E-state index >= 15 is 0 Å². The fraction of sp³-hybridized carbons (Fsp3) is 0.242. The van der Waals surface area contributed by atoms with E-state index in [1.54, 1.807) is 44.2 Å². The van der Waals surface area contributed by atoms with E-state index in [1.807, 2.05) is 13.8 Å². The first-order valence-electron chi connectivity index (χ1n) is 14.7. The van der Waals surface area contributed by atoms with E-state index in [-0.39, 0.29) is 51.0 Å². The van der Waals surface area contributed by atoms with Crippen molar-refractivity contribution in [3.63, 3.8) is 0 Å². The van der Waals surface area contributed by atoms with Gasteiger partial charge in [-0.05, 0) is 85.1 Å². The summed E-state index contributed by atoms with van der Waals surface area (Å²) in [5.41, 5.74) is 1.15. The van der Waals surface area contributed by atoms with Gasteiger partial charge in [0, 0.05) is 23.8 Å². The second kappa shape index (κ2) is 14.3. The largest absolute Gasteiger partial charge is 0.491 e. The third-order valence-corrected chi connectivity index (χ3v) is 8.74. The molecule has 15 heteroatoms. The standard InChI is InChI=1S/C33H29BrN4O9S/c1-5-45-32(40)28-19(4)35-33-36(29(28)23-8-6-7-9-26(23)47-18(2)3)31(39)27(48-33)16-21-14-24(34)30(25(15-21)38(43)44)46-17-20-10-12-22(13-11-20)37(41)42/h6-16,18,29H,5,17H2,1-4H3/b27-16-/t29-/m0/s1. The van der Waals surface area contributed by atoms with Crippen LogP contribution in [0.4, 0.5) is 11.4 Å². The number of para-hydroxylation sites is 1. The van der Waals surface area contributed by atoms with Crippen LogP contribution in [0.5, 0.6) is 11.5 Å². The molecule has 13 nitrogen and oxygen atoms in total. The predicted octanol–water partition coefficient (Wildman–Crippen LogP) is 5.74. The molecule has 0 spiro atoms. The number of nitro groups is 2. The fourth-order valence-corrected chi connectivity index (χ4v) is 6.76. The SMILES string of the molecule is CCOC(=O)C1=C(C)N=c2s/c(=C\c3cc(Br)c(OCc4ccc([N+](=O)[O-])cc4)c([N+](=O)[O-])c3)c(=O)n2[C@H]1c1ccccc1OC(C)C. The molecule has 0 N–H and O–H groups in total. The molecule has 0 bridgehead atoms. The molecule has 5 rings (SSSR count). The van der Waals surface area contributed by atoms with Crippen molar-refractivity contribution in [2.45, 2.75) is 46.4 Å². The second-order valence-corrected chi connectivity index (χ2v) is 12.7. The Bertz CT molecular complexity index is 2140. The summed E-state index contributed by atoms with van der Waals surface area (Å²) in [6.07, 6.45) is 1.33. The van der Waals surface area contributed by atoms with E-state index in [2.05, 4.69) is 20.9 Å². The molecule has 1 aliphatic rings. The summed E-state index contributed by atoms with van der Waals surface area (Å²) < 4.78 is 19.1. The molecule has 2 heterocycles. The number of halogens is 1. The molecule has 4 aromatic rings. The van der Waals surface area contributed by atoms with Crippen LogP contribution in [-0.4, -0.2) is 33.1 Å². The van der Waals surface area contributed by atoms with Gasteiger partial charge in [-0.1, -0.05) is 29.5 Å². The van der Waals surface area contributed by atoms with Crippen LogP contribution in [0.3, 0.4) is 0 Å². The van der Waals surface area contributed by atoms with Crippen LogP contribution in [0.25, 0.3) is 6.08 Å². The van der Waals surface area contributed by atoms with Gasteiger partial charge in [0.2, 0.25) is 5.75 Å². The molecule has 0 radical (unpaired) electrons. The van der Waals surface area contributed by atoms with Crippen molar-refractivity contribution in [3.05, 3.63) is 133 Å². The normalized spacial score (nSPS) is 14.4. The van der Waals surface area contributed by atoms with Crippen LogP contribution in [-0.2, 0) is 16.1 Å². The van der Waals surface area contributed by atoms with Crippen LogP contribution in [0.1, 0.15) is 50.4 Å². The number of carbonyl (C=O) groups is 1. The zero-order valence-corrected chi connectivity index (χ0v) is 28.6. The highest BCUT2D eigenvalue weighted by Gasteiger charge is 2.35. The van der Waals surface area contributed by atoms with E-state index in [0.29, 0.717) is 32.9 Å². The summed E-state index contributed by atoms with van der Waals surface area (Å²) in [6, 6.07) is 14.7. The third kappa shape index (κ3) is 7.06. The zero-order chi connectivity index (χ0) is 34.7. The number of ether oxygens (including phenoxy) is 3. The van der Waals surface area contributed by atoms with Crippen molar-refractivity contribution in [1.29, 1.82) is 0 Å². The number of benzene rings is 3. The van der Waals surface area contributed by atoms with E-state index < -0.39 is 27.4 Å². The van der Waals surface area contributed by atoms with Gasteiger partial charge < -0.3 is 14.2 Å². The number of fused-ring (bicyclic) bond motifs is 1. The summed E-state index contributed by atoms with van der Waals surface area (Å²) in [7, 11) is 0. The van der Waals surface area contributed by atoms with Gasteiger partial charge in [-0.2, -0.15) is 0 Å². The number of aromatic nitrogens is 1. The average Bonchev–Trinajstić information content (AvgIpc) is 3.33. The van der Waals surface area contributed by atoms with Crippen LogP contribution in [0, 0.1) is 20.2 Å². The molecule has 3 aromatic carbocycles. The average molecular weight is 738 g/mol. The molecule has 0 saturated heterocycles. The van der Waals surface area contributed by atoms with Crippen molar-refractivity contribution in [1.82, 2.24) is 4.57 Å². The molecule has 1 atom stereocenters. The van der Waals surface area contributed by atoms with E-state index in [9.17, 15) is 29.8 Å². The van der Waals surface area contributed by atoms with Crippen molar-refractivity contribution in [3.8, 4) is 11.5 Å². The Morgan fingerprint density at radius 2 is 1.81 bits per heavy atom. The molecular weight excluding hydrogens is 708 g/mol. The molecule has 0 aliphatic carbocycles. The topological polar surface area (TPSA) is 165 Å². The summed E-state index contributed by atoms with van der Waals surface area (Å²) >= 11 is 4.44. The van der Waals surface area contributed by atoms with Gasteiger partial charge in [0.25, 0.3) is 11.2 Å². The minimum Gasteiger partial charge on any atom is -0.491 e. The number of nitrogens with zero attached hydrogens (tertiary/aromatic N) is 4. The van der Waals surface area contributed by atoms with Crippen LogP contribution >= 0.6 is 27.3 Å². The zero-order valence-electron chi connectivity index (χ0n) is 26.2. The van der Waals surface area contributed by atoms with E-state index in [0.717, 1.165) is 11.3 Å². The number of thiazole rings is 1. The number of non-ortho nitro benzene ring substituents is 1. The first-order valence-corrected chi connectivity index (χ1v) is 16.3. The van der Waals surface area contributed by atoms with Gasteiger partial charge in [0.05, 0.1) is 42.8 Å². The summed E-state index contributed by atoms with van der Waals surface area (Å²) in [4.78, 5) is 54.3. The molecular formula is C33H29BrN4O9S. The van der Waals surface area contributed by atoms with Crippen LogP contribution in [0.2, 0.25) is 0 Å². The number of esters is 1. The highest BCUT2D eigenvalue weighted by molar-refractivity contribution is 9.10. The predicted molar refractivity (Wildman–Crippen MR) is 181 cm³/mol. The Morgan fingerprint density at radius 3 is 2.46 bits per heavy atom. The molecule has 0 saturated carbocycles. The highest BCUT2D eigenvalue weighted by atomic mass is 79.9. The molecule has 1 aliphatic heterocycles. The number of rotatable bonds is 11. The summed E-state index contributed by atoms with van der Waals surface area (Å²) in [5, 5.41) is 23.1. The Morgan fingerprint density at radius 1 is 1.10 bits per heavy atom. The maximum atomic E-state index is 14.1. The van der Waals surface area contributed by atoms with Gasteiger partial charge in [-0.25, -0.2) is 9.79 Å². The molecule has 1 aromatic heterocycles.